The first-order chi connectivity index (χ1) is 9.76. The summed E-state index contributed by atoms with van der Waals surface area (Å²) < 4.78 is 5.94. The molecule has 0 saturated heterocycles. The van der Waals surface area contributed by atoms with Gasteiger partial charge >= 0.3 is 0 Å². The van der Waals surface area contributed by atoms with Gasteiger partial charge in [0.25, 0.3) is 0 Å². The fraction of sp³-hybridized carbons (Fsp3) is 0.353. The first kappa shape index (κ1) is 13.1. The minimum Gasteiger partial charge on any atom is -0.363 e. The van der Waals surface area contributed by atoms with E-state index in [0.29, 0.717) is 0 Å². The lowest BCUT2D eigenvalue weighted by atomic mass is 10.0. The van der Waals surface area contributed by atoms with Crippen molar-refractivity contribution in [2.45, 2.75) is 39.1 Å². The van der Waals surface area contributed by atoms with Gasteiger partial charge in [-0.3, -0.25) is 0 Å². The molecule has 3 rings (SSSR count). The Bertz CT molecular complexity index is 636. The Kier molecular flexibility index (Phi) is 3.70. The molecule has 0 bridgehead atoms. The summed E-state index contributed by atoms with van der Waals surface area (Å²) in [4.78, 5) is 5.30. The van der Waals surface area contributed by atoms with Crippen LogP contribution in [0.15, 0.2) is 47.6 Å². The third-order valence-corrected chi connectivity index (χ3v) is 3.71. The van der Waals surface area contributed by atoms with E-state index in [1.54, 1.807) is 0 Å². The monoisotopic (exact) mass is 269 g/mol. The van der Waals surface area contributed by atoms with Crippen molar-refractivity contribution in [1.29, 1.82) is 0 Å². The molecule has 0 N–H and O–H groups in total. The minimum absolute atomic E-state index is 0.00369. The van der Waals surface area contributed by atoms with Crippen molar-refractivity contribution in [2.24, 2.45) is 5.16 Å². The number of hydrogen-bond donors (Lipinski definition) is 0. The van der Waals surface area contributed by atoms with Crippen molar-refractivity contribution >= 4 is 16.5 Å². The molecule has 2 aromatic carbocycles. The van der Waals surface area contributed by atoms with Crippen LogP contribution in [0.5, 0.6) is 0 Å². The minimum atomic E-state index is -0.244. The molecule has 0 aromatic heterocycles. The highest BCUT2D eigenvalue weighted by atomic mass is 16.8. The van der Waals surface area contributed by atoms with Crippen LogP contribution >= 0.6 is 0 Å². The van der Waals surface area contributed by atoms with E-state index in [-0.39, 0.29) is 12.4 Å². The summed E-state index contributed by atoms with van der Waals surface area (Å²) in [5.74, 6) is 0. The summed E-state index contributed by atoms with van der Waals surface area (Å²) in [6.45, 7) is 4.13. The predicted molar refractivity (Wildman–Crippen MR) is 80.7 cm³/mol. The Morgan fingerprint density at radius 1 is 1.25 bits per heavy atom. The summed E-state index contributed by atoms with van der Waals surface area (Å²) in [5, 5.41) is 6.51. The standard InChI is InChI=1S/C17H19NO2/c1-3-16-11-17(20-18-16)19-12(2)14-9-8-13-6-4-5-7-15(13)10-14/h4-10,12,17H,3,11H2,1-2H3/t12-,17+/m0/s1. The van der Waals surface area contributed by atoms with E-state index in [1.807, 2.05) is 0 Å². The van der Waals surface area contributed by atoms with Crippen LogP contribution in [0.2, 0.25) is 0 Å². The van der Waals surface area contributed by atoms with Crippen LogP contribution in [-0.4, -0.2) is 12.0 Å². The second-order valence-corrected chi connectivity index (χ2v) is 5.14. The lowest BCUT2D eigenvalue weighted by molar-refractivity contribution is -0.152. The van der Waals surface area contributed by atoms with Crippen LogP contribution in [-0.2, 0) is 9.57 Å². The zero-order valence-electron chi connectivity index (χ0n) is 11.9. The molecular formula is C17H19NO2. The van der Waals surface area contributed by atoms with Gasteiger partial charge in [-0.1, -0.05) is 48.5 Å². The van der Waals surface area contributed by atoms with Crippen molar-refractivity contribution in [3.05, 3.63) is 48.0 Å². The zero-order chi connectivity index (χ0) is 13.9. The van der Waals surface area contributed by atoms with E-state index in [0.717, 1.165) is 24.1 Å². The summed E-state index contributed by atoms with van der Waals surface area (Å²) >= 11 is 0. The molecule has 104 valence electrons. The van der Waals surface area contributed by atoms with Crippen molar-refractivity contribution in [1.82, 2.24) is 0 Å². The van der Waals surface area contributed by atoms with E-state index in [2.05, 4.69) is 61.5 Å². The highest BCUT2D eigenvalue weighted by Crippen LogP contribution is 2.26. The van der Waals surface area contributed by atoms with Gasteiger partial charge in [0, 0.05) is 0 Å². The van der Waals surface area contributed by atoms with Gasteiger partial charge in [0.15, 0.2) is 0 Å². The zero-order valence-corrected chi connectivity index (χ0v) is 11.9. The molecule has 2 atom stereocenters. The quantitative estimate of drug-likeness (QED) is 0.822. The van der Waals surface area contributed by atoms with Gasteiger partial charge in [-0.25, -0.2) is 0 Å². The number of nitrogens with zero attached hydrogens (tertiary/aromatic N) is 1. The van der Waals surface area contributed by atoms with E-state index in [9.17, 15) is 0 Å². The Hall–Kier alpha value is -1.87. The van der Waals surface area contributed by atoms with Crippen LogP contribution < -0.4 is 0 Å². The van der Waals surface area contributed by atoms with Gasteiger partial charge in [0.1, 0.15) is 0 Å². The maximum absolute atomic E-state index is 5.94. The summed E-state index contributed by atoms with van der Waals surface area (Å²) in [6.07, 6.45) is 1.45. The van der Waals surface area contributed by atoms with Gasteiger partial charge in [0.05, 0.1) is 18.2 Å². The highest BCUT2D eigenvalue weighted by molar-refractivity contribution is 5.85. The van der Waals surface area contributed by atoms with Crippen LogP contribution in [0.4, 0.5) is 0 Å². The molecule has 0 radical (unpaired) electrons. The van der Waals surface area contributed by atoms with Crippen molar-refractivity contribution in [3.63, 3.8) is 0 Å². The molecule has 0 unspecified atom stereocenters. The van der Waals surface area contributed by atoms with Crippen LogP contribution in [0.25, 0.3) is 10.8 Å². The van der Waals surface area contributed by atoms with E-state index < -0.39 is 0 Å². The molecule has 3 nitrogen and oxygen atoms in total. The average molecular weight is 269 g/mol. The van der Waals surface area contributed by atoms with E-state index >= 15 is 0 Å². The molecule has 20 heavy (non-hydrogen) atoms. The molecule has 0 aliphatic carbocycles. The molecule has 3 heteroatoms. The van der Waals surface area contributed by atoms with Gasteiger partial charge in [-0.05, 0) is 35.7 Å². The summed E-state index contributed by atoms with van der Waals surface area (Å²) in [6, 6.07) is 14.8. The van der Waals surface area contributed by atoms with Crippen molar-refractivity contribution in [3.8, 4) is 0 Å². The number of hydrogen-bond acceptors (Lipinski definition) is 3. The molecular weight excluding hydrogens is 250 g/mol. The van der Waals surface area contributed by atoms with Crippen LogP contribution in [0.3, 0.4) is 0 Å². The van der Waals surface area contributed by atoms with Gasteiger partial charge < -0.3 is 9.57 Å². The lowest BCUT2D eigenvalue weighted by Crippen LogP contribution is -2.15. The Labute approximate surface area is 119 Å². The molecule has 0 amide bonds. The fourth-order valence-corrected chi connectivity index (χ4v) is 2.45. The molecule has 2 aromatic rings. The molecule has 0 spiro atoms. The lowest BCUT2D eigenvalue weighted by Gasteiger charge is -2.17. The van der Waals surface area contributed by atoms with Crippen molar-refractivity contribution < 1.29 is 9.57 Å². The average Bonchev–Trinajstić information content (AvgIpc) is 2.94. The molecule has 1 heterocycles. The molecule has 1 aliphatic rings. The topological polar surface area (TPSA) is 30.8 Å². The largest absolute Gasteiger partial charge is 0.363 e. The Balaban J connectivity index is 1.71. The summed E-state index contributed by atoms with van der Waals surface area (Å²) in [5.41, 5.74) is 2.23. The SMILES string of the molecule is CCC1=NO[C@@H](O[C@@H](C)c2ccc3ccccc3c2)C1. The third-order valence-electron chi connectivity index (χ3n) is 3.71. The van der Waals surface area contributed by atoms with Crippen molar-refractivity contribution in [2.75, 3.05) is 0 Å². The number of ether oxygens (including phenoxy) is 1. The van der Waals surface area contributed by atoms with Gasteiger partial charge in [-0.2, -0.15) is 0 Å². The summed E-state index contributed by atoms with van der Waals surface area (Å²) in [7, 11) is 0. The third kappa shape index (κ3) is 2.68. The van der Waals surface area contributed by atoms with Crippen LogP contribution in [0.1, 0.15) is 38.4 Å². The van der Waals surface area contributed by atoms with E-state index in [1.165, 1.54) is 10.8 Å². The first-order valence-electron chi connectivity index (χ1n) is 7.12. The van der Waals surface area contributed by atoms with E-state index in [4.69, 9.17) is 9.57 Å². The maximum Gasteiger partial charge on any atom is 0.232 e. The highest BCUT2D eigenvalue weighted by Gasteiger charge is 2.23. The predicted octanol–water partition coefficient (Wildman–Crippen LogP) is 4.43. The van der Waals surface area contributed by atoms with Gasteiger partial charge in [-0.15, -0.1) is 0 Å². The molecule has 0 fully saturated rings. The Morgan fingerprint density at radius 3 is 2.80 bits per heavy atom. The second-order valence-electron chi connectivity index (χ2n) is 5.14. The Morgan fingerprint density at radius 2 is 2.05 bits per heavy atom. The van der Waals surface area contributed by atoms with Gasteiger partial charge in [0.2, 0.25) is 6.29 Å². The maximum atomic E-state index is 5.94. The van der Waals surface area contributed by atoms with Crippen LogP contribution in [0, 0.1) is 0 Å². The second kappa shape index (κ2) is 5.63. The molecule has 1 aliphatic heterocycles. The number of benzene rings is 2. The fourth-order valence-electron chi connectivity index (χ4n) is 2.45. The number of rotatable bonds is 4. The molecule has 0 saturated carbocycles. The smallest absolute Gasteiger partial charge is 0.232 e. The number of oxime groups is 1. The first-order valence-corrected chi connectivity index (χ1v) is 7.12. The number of fused-ring (bicyclic) bond motifs is 1. The normalized spacial score (nSPS) is 19.7.